The van der Waals surface area contributed by atoms with E-state index in [4.69, 9.17) is 0 Å². The van der Waals surface area contributed by atoms with Crippen molar-refractivity contribution in [1.82, 2.24) is 31.5 Å². The second-order valence-electron chi connectivity index (χ2n) is 15.8. The summed E-state index contributed by atoms with van der Waals surface area (Å²) in [5.74, 6) is -3.85. The predicted molar refractivity (Wildman–Crippen MR) is 220 cm³/mol. The fourth-order valence-corrected chi connectivity index (χ4v) is 6.16. The van der Waals surface area contributed by atoms with Gasteiger partial charge in [0.2, 0.25) is 23.6 Å². The van der Waals surface area contributed by atoms with Crippen molar-refractivity contribution in [2.24, 2.45) is 5.92 Å². The first kappa shape index (κ1) is 48.3. The summed E-state index contributed by atoms with van der Waals surface area (Å²) in [5.41, 5.74) is 2.14. The number of aliphatic hydroxyl groups excluding tert-OH is 1. The second kappa shape index (κ2) is 24.1. The molecule has 0 aromatic heterocycles. The number of nitrogens with one attached hydrogen (secondary N) is 5. The summed E-state index contributed by atoms with van der Waals surface area (Å²) in [6, 6.07) is 10.8. The van der Waals surface area contributed by atoms with Gasteiger partial charge in [0.25, 0.3) is 5.91 Å². The molecule has 0 aliphatic rings. The lowest BCUT2D eigenvalue weighted by atomic mass is 9.86. The number of aliphatic hydroxyl groups is 1. The Balaban J connectivity index is 2.23. The van der Waals surface area contributed by atoms with Crippen LogP contribution in [0.25, 0.3) is 0 Å². The van der Waals surface area contributed by atoms with Crippen LogP contribution < -0.4 is 26.6 Å². The molecule has 316 valence electrons. The molecule has 14 heteroatoms. The van der Waals surface area contributed by atoms with E-state index in [0.717, 1.165) is 44.3 Å². The lowest BCUT2D eigenvalue weighted by molar-refractivity contribution is -0.146. The molecule has 1 unspecified atom stereocenters. The van der Waals surface area contributed by atoms with Crippen LogP contribution in [-0.4, -0.2) is 109 Å². The summed E-state index contributed by atoms with van der Waals surface area (Å²) in [4.78, 5) is 82.3. The predicted octanol–water partition coefficient (Wildman–Crippen LogP) is 3.01. The number of hydrogen-bond acceptors (Lipinski definition) is 9. The number of methoxy groups -OCH3 is 1. The summed E-state index contributed by atoms with van der Waals surface area (Å²) >= 11 is 0. The van der Waals surface area contributed by atoms with Gasteiger partial charge >= 0.3 is 5.97 Å². The van der Waals surface area contributed by atoms with Crippen molar-refractivity contribution in [3.8, 4) is 0 Å². The Labute approximate surface area is 338 Å². The van der Waals surface area contributed by atoms with E-state index in [1.807, 2.05) is 56.3 Å². The largest absolute Gasteiger partial charge is 0.467 e. The Hall–Kier alpha value is -4.82. The number of rotatable bonds is 23. The molecule has 57 heavy (non-hydrogen) atoms. The molecule has 0 fully saturated rings. The fourth-order valence-electron chi connectivity index (χ4n) is 6.16. The molecule has 2 rings (SSSR count). The molecule has 0 heterocycles. The van der Waals surface area contributed by atoms with Crippen molar-refractivity contribution < 1.29 is 38.6 Å². The minimum Gasteiger partial charge on any atom is -0.467 e. The van der Waals surface area contributed by atoms with E-state index in [1.165, 1.54) is 6.92 Å². The van der Waals surface area contributed by atoms with Crippen LogP contribution in [-0.2, 0) is 40.5 Å². The molecule has 2 aromatic rings. The highest BCUT2D eigenvalue weighted by Gasteiger charge is 2.32. The molecule has 5 atom stereocenters. The quantitative estimate of drug-likeness (QED) is 0.0725. The molecule has 5 amide bonds. The van der Waals surface area contributed by atoms with Gasteiger partial charge in [0, 0.05) is 12.0 Å². The Morgan fingerprint density at radius 3 is 1.81 bits per heavy atom. The van der Waals surface area contributed by atoms with Gasteiger partial charge < -0.3 is 41.3 Å². The third kappa shape index (κ3) is 16.7. The van der Waals surface area contributed by atoms with E-state index in [1.54, 1.807) is 12.1 Å². The average molecular weight is 795 g/mol. The van der Waals surface area contributed by atoms with Gasteiger partial charge in [-0.1, -0.05) is 90.9 Å². The van der Waals surface area contributed by atoms with Crippen LogP contribution in [0.5, 0.6) is 0 Å². The van der Waals surface area contributed by atoms with Gasteiger partial charge in [-0.25, -0.2) is 4.79 Å². The zero-order valence-electron chi connectivity index (χ0n) is 35.3. The molecule has 0 saturated carbocycles. The van der Waals surface area contributed by atoms with Crippen LogP contribution in [0.3, 0.4) is 0 Å². The third-order valence-electron chi connectivity index (χ3n) is 9.74. The van der Waals surface area contributed by atoms with Crippen LogP contribution >= 0.6 is 0 Å². The van der Waals surface area contributed by atoms with E-state index in [-0.39, 0.29) is 30.6 Å². The van der Waals surface area contributed by atoms with Crippen molar-refractivity contribution in [2.45, 2.75) is 123 Å². The first-order valence-corrected chi connectivity index (χ1v) is 20.0. The Kier molecular flexibility index (Phi) is 20.4. The molecule has 0 aliphatic carbocycles. The Morgan fingerprint density at radius 1 is 0.702 bits per heavy atom. The van der Waals surface area contributed by atoms with Gasteiger partial charge in [-0.05, 0) is 86.8 Å². The number of unbranched alkanes of at least 4 members (excludes halogenated alkanes) is 1. The van der Waals surface area contributed by atoms with Gasteiger partial charge in [-0.3, -0.25) is 24.0 Å². The molecule has 0 spiro atoms. The van der Waals surface area contributed by atoms with Crippen LogP contribution in [0, 0.1) is 5.92 Å². The number of nitrogens with zero attached hydrogens (tertiary/aromatic N) is 1. The summed E-state index contributed by atoms with van der Waals surface area (Å²) in [6.45, 7) is 17.4. The average Bonchev–Trinajstić information content (AvgIpc) is 3.18. The molecule has 0 radical (unpaired) electrons. The Bertz CT molecular complexity index is 1590. The van der Waals surface area contributed by atoms with Crippen molar-refractivity contribution >= 4 is 35.5 Å². The highest BCUT2D eigenvalue weighted by molar-refractivity contribution is 5.99. The third-order valence-corrected chi connectivity index (χ3v) is 9.74. The molecule has 0 saturated heterocycles. The van der Waals surface area contributed by atoms with Crippen LogP contribution in [0.2, 0.25) is 0 Å². The minimum absolute atomic E-state index is 0.0479. The summed E-state index contributed by atoms with van der Waals surface area (Å²) < 4.78 is 4.68. The van der Waals surface area contributed by atoms with E-state index < -0.39 is 72.3 Å². The zero-order chi connectivity index (χ0) is 42.7. The van der Waals surface area contributed by atoms with Gasteiger partial charge in [0.15, 0.2) is 6.04 Å². The smallest absolute Gasteiger partial charge is 0.330 e. The minimum atomic E-state index is -1.32. The molecule has 0 aliphatic heterocycles. The van der Waals surface area contributed by atoms with Gasteiger partial charge in [0.05, 0.1) is 13.7 Å². The molecule has 6 N–H and O–H groups in total. The van der Waals surface area contributed by atoms with Gasteiger partial charge in [-0.2, -0.15) is 0 Å². The maximum absolute atomic E-state index is 13.8. The molecular weight excluding hydrogens is 729 g/mol. The van der Waals surface area contributed by atoms with Crippen molar-refractivity contribution in [3.05, 3.63) is 71.3 Å². The van der Waals surface area contributed by atoms with Crippen molar-refractivity contribution in [2.75, 3.05) is 33.4 Å². The molecule has 0 bridgehead atoms. The molecule has 14 nitrogen and oxygen atoms in total. The number of carbonyl (C=O) groups excluding carboxylic acids is 6. The normalized spacial score (nSPS) is 14.1. The highest BCUT2D eigenvalue weighted by atomic mass is 16.5. The van der Waals surface area contributed by atoms with E-state index in [9.17, 15) is 33.9 Å². The zero-order valence-corrected chi connectivity index (χ0v) is 35.3. The lowest BCUT2D eigenvalue weighted by Gasteiger charge is -2.27. The number of ether oxygens (including phenoxy) is 1. The maximum atomic E-state index is 13.8. The lowest BCUT2D eigenvalue weighted by Crippen LogP contribution is -2.59. The van der Waals surface area contributed by atoms with E-state index in [2.05, 4.69) is 70.8 Å². The SMILES string of the molecule is CCN(CC)CCCC[C@H](NC(=O)[C@H](CC(C)C)NC(=O)[C@H](C)NC(=O)C(Cc1ccccc1)NC(=O)c1ccc(C(C)(C)C)cc1)C(=O)N[C@@H](CO)C(=O)OC. The number of hydrogen-bond donors (Lipinski definition) is 6. The van der Waals surface area contributed by atoms with Crippen molar-refractivity contribution in [1.29, 1.82) is 0 Å². The molecule has 2 aromatic carbocycles. The van der Waals surface area contributed by atoms with Crippen LogP contribution in [0.4, 0.5) is 0 Å². The van der Waals surface area contributed by atoms with Crippen molar-refractivity contribution in [3.63, 3.8) is 0 Å². The number of carbonyl (C=O) groups is 6. The van der Waals surface area contributed by atoms with Gasteiger partial charge in [0.1, 0.15) is 24.2 Å². The first-order valence-electron chi connectivity index (χ1n) is 20.0. The first-order chi connectivity index (χ1) is 26.9. The standard InChI is InChI=1S/C43H66N6O8/c1-10-49(11-2)24-16-15-19-33(39(53)48-36(27-50)42(56)57-9)45-41(55)34(25-28(3)4)46-37(51)29(5)44-40(54)35(26-30-17-13-12-14-18-30)47-38(52)31-20-22-32(23-21-31)43(6,7)8/h12-14,17-18,20-23,28-29,33-36,50H,10-11,15-16,19,24-27H2,1-9H3,(H,44,54)(H,45,55)(H,46,51)(H,47,52)(H,48,53)/t29-,33-,34-,35?,36-/m0/s1. The fraction of sp³-hybridized carbons (Fsp3) is 0.581. The summed E-state index contributed by atoms with van der Waals surface area (Å²) in [5, 5.41) is 23.2. The van der Waals surface area contributed by atoms with Crippen LogP contribution in [0.15, 0.2) is 54.6 Å². The Morgan fingerprint density at radius 2 is 1.26 bits per heavy atom. The number of benzene rings is 2. The van der Waals surface area contributed by atoms with E-state index in [0.29, 0.717) is 12.0 Å². The highest BCUT2D eigenvalue weighted by Crippen LogP contribution is 2.22. The molecular formula is C43H66N6O8. The maximum Gasteiger partial charge on any atom is 0.330 e. The van der Waals surface area contributed by atoms with E-state index >= 15 is 0 Å². The summed E-state index contributed by atoms with van der Waals surface area (Å²) in [7, 11) is 1.14. The number of esters is 1. The second-order valence-corrected chi connectivity index (χ2v) is 15.8. The van der Waals surface area contributed by atoms with Crippen LogP contribution in [0.1, 0.15) is 103 Å². The topological polar surface area (TPSA) is 195 Å². The number of amides is 5. The summed E-state index contributed by atoms with van der Waals surface area (Å²) in [6.07, 6.45) is 1.94. The van der Waals surface area contributed by atoms with Gasteiger partial charge in [-0.15, -0.1) is 0 Å². The monoisotopic (exact) mass is 794 g/mol.